The maximum Gasteiger partial charge on any atom is 0.303 e. The molecule has 4 atom stereocenters. The predicted molar refractivity (Wildman–Crippen MR) is 120 cm³/mol. The first-order valence-corrected chi connectivity index (χ1v) is 12.2. The van der Waals surface area contributed by atoms with Crippen LogP contribution in [0.15, 0.2) is 35.5 Å². The fraction of sp³-hybridized carbons (Fsp3) is 0.381. The van der Waals surface area contributed by atoms with Crippen LogP contribution in [0.3, 0.4) is 0 Å². The van der Waals surface area contributed by atoms with E-state index in [1.165, 1.54) is 25.4 Å². The van der Waals surface area contributed by atoms with E-state index in [0.717, 1.165) is 12.5 Å². The first-order valence-electron chi connectivity index (χ1n) is 10.4. The lowest BCUT2D eigenvalue weighted by Gasteiger charge is -2.23. The van der Waals surface area contributed by atoms with Gasteiger partial charge in [0, 0.05) is 13.8 Å². The third kappa shape index (κ3) is 5.42. The van der Waals surface area contributed by atoms with Gasteiger partial charge < -0.3 is 19.2 Å². The number of aryl methyl sites for hydroxylation is 1. The lowest BCUT2D eigenvalue weighted by atomic mass is 10.1. The van der Waals surface area contributed by atoms with Crippen LogP contribution in [-0.2, 0) is 38.1 Å². The molecule has 1 aliphatic heterocycles. The zero-order chi connectivity index (χ0) is 25.3. The second-order valence-corrected chi connectivity index (χ2v) is 9.70. The molecule has 0 saturated carbocycles. The van der Waals surface area contributed by atoms with Crippen LogP contribution < -0.4 is 0 Å². The number of imidazole rings is 1. The molecule has 186 valence electrons. The number of halogens is 1. The molecule has 12 nitrogen and oxygen atoms in total. The molecule has 3 aromatic rings. The average molecular weight is 525 g/mol. The molecule has 3 heterocycles. The highest BCUT2D eigenvalue weighted by Crippen LogP contribution is 2.38. The molecular formula is C21H21ClN4O8S. The molecule has 14 heteroatoms. The van der Waals surface area contributed by atoms with Gasteiger partial charge in [-0.2, -0.15) is 8.42 Å². The Hall–Kier alpha value is -3.13. The fourth-order valence-electron chi connectivity index (χ4n) is 3.55. The van der Waals surface area contributed by atoms with Gasteiger partial charge in [-0.15, -0.1) is 0 Å². The molecule has 0 unspecified atom stereocenters. The normalized spacial score (nSPS) is 22.3. The fourth-order valence-corrected chi connectivity index (χ4v) is 4.89. The second-order valence-electron chi connectivity index (χ2n) is 7.77. The van der Waals surface area contributed by atoms with E-state index in [0.29, 0.717) is 5.52 Å². The van der Waals surface area contributed by atoms with Gasteiger partial charge in [-0.3, -0.25) is 13.8 Å². The summed E-state index contributed by atoms with van der Waals surface area (Å²) in [5.74, 6) is -1.38. The number of H-pyrrole nitrogens is 1. The quantitative estimate of drug-likeness (QED) is 0.273. The van der Waals surface area contributed by atoms with Crippen LogP contribution >= 0.6 is 11.6 Å². The molecule has 0 amide bonds. The predicted octanol–water partition coefficient (Wildman–Crippen LogP) is 2.02. The van der Waals surface area contributed by atoms with Crippen molar-refractivity contribution in [3.05, 3.63) is 47.1 Å². The molecule has 0 aliphatic carbocycles. The summed E-state index contributed by atoms with van der Waals surface area (Å²) < 4.78 is 48.0. The summed E-state index contributed by atoms with van der Waals surface area (Å²) in [5, 5.41) is 0.0286. The summed E-state index contributed by atoms with van der Waals surface area (Å²) in [5.41, 5.74) is 1.45. The Labute approximate surface area is 205 Å². The molecule has 1 saturated heterocycles. The lowest BCUT2D eigenvalue weighted by Crippen LogP contribution is -2.40. The summed E-state index contributed by atoms with van der Waals surface area (Å²) in [6.45, 7) is 3.76. The number of esters is 2. The first kappa shape index (κ1) is 25.0. The molecule has 0 spiro atoms. The third-order valence-electron chi connectivity index (χ3n) is 5.12. The average Bonchev–Trinajstić information content (AvgIpc) is 3.38. The molecule has 0 bridgehead atoms. The summed E-state index contributed by atoms with van der Waals surface area (Å²) in [7, 11) is -4.34. The van der Waals surface area contributed by atoms with E-state index in [-0.39, 0.29) is 28.1 Å². The van der Waals surface area contributed by atoms with E-state index in [1.807, 2.05) is 0 Å². The number of benzene rings is 1. The molecule has 1 fully saturated rings. The molecule has 2 aromatic heterocycles. The second kappa shape index (κ2) is 9.85. The van der Waals surface area contributed by atoms with Gasteiger partial charge in [-0.05, 0) is 19.1 Å². The number of hydrogen-bond donors (Lipinski definition) is 1. The molecule has 1 N–H and O–H groups in total. The number of fused-ring (bicyclic) bond motifs is 1. The molecule has 35 heavy (non-hydrogen) atoms. The van der Waals surface area contributed by atoms with Crippen LogP contribution in [0.5, 0.6) is 0 Å². The number of aromatic amines is 1. The van der Waals surface area contributed by atoms with Gasteiger partial charge in [-0.1, -0.05) is 29.3 Å². The van der Waals surface area contributed by atoms with Crippen LogP contribution in [0.1, 0.15) is 31.3 Å². The van der Waals surface area contributed by atoms with Crippen molar-refractivity contribution in [1.82, 2.24) is 19.9 Å². The Morgan fingerprint density at radius 2 is 1.83 bits per heavy atom. The van der Waals surface area contributed by atoms with Crippen molar-refractivity contribution in [1.29, 1.82) is 0 Å². The number of nitrogens with zero attached hydrogens (tertiary/aromatic N) is 3. The summed E-state index contributed by atoms with van der Waals surface area (Å²) in [4.78, 5) is 38.6. The van der Waals surface area contributed by atoms with E-state index in [9.17, 15) is 18.0 Å². The van der Waals surface area contributed by atoms with Crippen LogP contribution in [0.25, 0.3) is 11.2 Å². The van der Waals surface area contributed by atoms with E-state index < -0.39 is 46.5 Å². The minimum atomic E-state index is -4.34. The maximum atomic E-state index is 13.1. The number of carbonyl (C=O) groups is 2. The highest BCUT2D eigenvalue weighted by molar-refractivity contribution is 7.86. The lowest BCUT2D eigenvalue weighted by molar-refractivity contribution is -0.152. The minimum Gasteiger partial charge on any atom is -0.463 e. The Bertz CT molecular complexity index is 1360. The highest BCUT2D eigenvalue weighted by Gasteiger charge is 2.52. The summed E-state index contributed by atoms with van der Waals surface area (Å²) in [6.07, 6.45) is -3.69. The van der Waals surface area contributed by atoms with Gasteiger partial charge in [0.2, 0.25) is 0 Å². The number of hydrogen-bond acceptors (Lipinski definition) is 11. The van der Waals surface area contributed by atoms with Crippen molar-refractivity contribution in [2.75, 3.05) is 6.61 Å². The van der Waals surface area contributed by atoms with E-state index in [4.69, 9.17) is 30.0 Å². The molecule has 1 aromatic carbocycles. The van der Waals surface area contributed by atoms with Crippen LogP contribution in [0, 0.1) is 6.92 Å². The molecule has 4 rings (SSSR count). The number of carbonyl (C=O) groups excluding carboxylic acids is 2. The van der Waals surface area contributed by atoms with Crippen LogP contribution in [0.4, 0.5) is 0 Å². The number of aromatic nitrogens is 4. The number of nitrogens with one attached hydrogen (secondary N) is 1. The Morgan fingerprint density at radius 3 is 2.49 bits per heavy atom. The van der Waals surface area contributed by atoms with E-state index in [1.54, 1.807) is 19.1 Å². The zero-order valence-electron chi connectivity index (χ0n) is 18.8. The third-order valence-corrected chi connectivity index (χ3v) is 6.72. The van der Waals surface area contributed by atoms with Gasteiger partial charge in [0.15, 0.2) is 28.8 Å². The highest BCUT2D eigenvalue weighted by atomic mass is 35.5. The van der Waals surface area contributed by atoms with E-state index in [2.05, 4.69) is 19.9 Å². The van der Waals surface area contributed by atoms with E-state index >= 15 is 0 Å². The van der Waals surface area contributed by atoms with Crippen LogP contribution in [0.2, 0.25) is 5.15 Å². The van der Waals surface area contributed by atoms with Crippen molar-refractivity contribution in [3.8, 4) is 0 Å². The van der Waals surface area contributed by atoms with Gasteiger partial charge in [-0.25, -0.2) is 15.0 Å². The Balaban J connectivity index is 1.74. The molecular weight excluding hydrogens is 504 g/mol. The molecule has 1 aliphatic rings. The van der Waals surface area contributed by atoms with Crippen molar-refractivity contribution < 1.29 is 36.4 Å². The number of rotatable bonds is 7. The summed E-state index contributed by atoms with van der Waals surface area (Å²) >= 11 is 6.23. The maximum absolute atomic E-state index is 13.1. The Morgan fingerprint density at radius 1 is 1.11 bits per heavy atom. The largest absolute Gasteiger partial charge is 0.463 e. The van der Waals surface area contributed by atoms with Gasteiger partial charge >= 0.3 is 11.9 Å². The standard InChI is InChI=1S/C21H21ClN4O8S/c1-10-4-6-13(7-5-10)35(29,30)34-16-14(8-31-11(2)27)33-18(17(16)32-12(3)28)21-25-19(22)15-20(26-21)24-9-23-15/h4-7,9,14,16-18H,8H2,1-3H3,(H,23,24,25,26)/t14-,16+,17-,18-/m1/s1. The van der Waals surface area contributed by atoms with Crippen molar-refractivity contribution in [2.24, 2.45) is 0 Å². The first-order chi connectivity index (χ1) is 16.5. The Kier molecular flexibility index (Phi) is 7.03. The SMILES string of the molecule is CC(=O)OC[C@H]1O[C@@H](c2nc(Cl)c3[nH]cnc3n2)[C@H](OC(C)=O)[C@H]1OS(=O)(=O)c1ccc(C)cc1. The van der Waals surface area contributed by atoms with Crippen LogP contribution in [-0.4, -0.2) is 65.2 Å². The van der Waals surface area contributed by atoms with Crippen molar-refractivity contribution in [3.63, 3.8) is 0 Å². The summed E-state index contributed by atoms with van der Waals surface area (Å²) in [6, 6.07) is 5.99. The van der Waals surface area contributed by atoms with Crippen molar-refractivity contribution >= 4 is 44.8 Å². The van der Waals surface area contributed by atoms with Gasteiger partial charge in [0.05, 0.1) is 11.2 Å². The smallest absolute Gasteiger partial charge is 0.303 e. The zero-order valence-corrected chi connectivity index (χ0v) is 20.4. The topological polar surface area (TPSA) is 160 Å². The van der Waals surface area contributed by atoms with Gasteiger partial charge in [0.25, 0.3) is 10.1 Å². The van der Waals surface area contributed by atoms with Crippen molar-refractivity contribution in [2.45, 2.75) is 50.1 Å². The minimum absolute atomic E-state index is 0.0208. The van der Waals surface area contributed by atoms with Gasteiger partial charge in [0.1, 0.15) is 24.3 Å². The monoisotopic (exact) mass is 524 g/mol. The molecule has 0 radical (unpaired) electrons. The number of ether oxygens (including phenoxy) is 3.